The number of rotatable bonds is 4. The summed E-state index contributed by atoms with van der Waals surface area (Å²) in [5.74, 6) is -0.191. The number of amides is 1. The minimum absolute atomic E-state index is 0.128. The molecule has 2 aromatic rings. The van der Waals surface area contributed by atoms with E-state index in [0.29, 0.717) is 10.6 Å². The Bertz CT molecular complexity index is 817. The standard InChI is InChI=1S/C16H18N2O3S2/c1-17-23(20,21)13-7-4-6-12(10-13)18-16(19)15-9-11-5-2-3-8-14(11)22-15/h4,6-7,9-10,17H,2-3,5,8H2,1H3,(H,18,19). The lowest BCUT2D eigenvalue weighted by molar-refractivity contribution is 0.103. The maximum atomic E-state index is 12.4. The van der Waals surface area contributed by atoms with Gasteiger partial charge in [-0.3, -0.25) is 4.79 Å². The van der Waals surface area contributed by atoms with Gasteiger partial charge < -0.3 is 5.32 Å². The van der Waals surface area contributed by atoms with Crippen LogP contribution >= 0.6 is 11.3 Å². The van der Waals surface area contributed by atoms with Gasteiger partial charge in [0.05, 0.1) is 9.77 Å². The molecule has 0 saturated carbocycles. The molecule has 5 nitrogen and oxygen atoms in total. The Balaban J connectivity index is 1.80. The van der Waals surface area contributed by atoms with Gasteiger partial charge in [0.15, 0.2) is 0 Å². The van der Waals surface area contributed by atoms with Gasteiger partial charge in [0.2, 0.25) is 10.0 Å². The van der Waals surface area contributed by atoms with Crippen LogP contribution in [0.3, 0.4) is 0 Å². The maximum Gasteiger partial charge on any atom is 0.265 e. The molecule has 1 heterocycles. The zero-order valence-electron chi connectivity index (χ0n) is 12.8. The summed E-state index contributed by atoms with van der Waals surface area (Å²) < 4.78 is 25.9. The summed E-state index contributed by atoms with van der Waals surface area (Å²) >= 11 is 1.53. The van der Waals surface area contributed by atoms with Gasteiger partial charge in [-0.2, -0.15) is 0 Å². The number of carbonyl (C=O) groups excluding carboxylic acids is 1. The summed E-state index contributed by atoms with van der Waals surface area (Å²) in [4.78, 5) is 14.5. The van der Waals surface area contributed by atoms with Gasteiger partial charge in [-0.25, -0.2) is 13.1 Å². The van der Waals surface area contributed by atoms with Gasteiger partial charge in [-0.15, -0.1) is 11.3 Å². The van der Waals surface area contributed by atoms with E-state index in [-0.39, 0.29) is 10.8 Å². The van der Waals surface area contributed by atoms with Crippen LogP contribution in [0.5, 0.6) is 0 Å². The maximum absolute atomic E-state index is 12.4. The Morgan fingerprint density at radius 1 is 1.17 bits per heavy atom. The zero-order chi connectivity index (χ0) is 16.4. The van der Waals surface area contributed by atoms with Crippen molar-refractivity contribution in [3.63, 3.8) is 0 Å². The topological polar surface area (TPSA) is 75.3 Å². The average Bonchev–Trinajstić information content (AvgIpc) is 2.99. The van der Waals surface area contributed by atoms with E-state index in [1.807, 2.05) is 6.07 Å². The summed E-state index contributed by atoms with van der Waals surface area (Å²) in [6, 6.07) is 8.20. The van der Waals surface area contributed by atoms with E-state index in [4.69, 9.17) is 0 Å². The average molecular weight is 350 g/mol. The third kappa shape index (κ3) is 3.46. The number of hydrogen-bond acceptors (Lipinski definition) is 4. The molecule has 0 fully saturated rings. The second-order valence-corrected chi connectivity index (χ2v) is 8.48. The van der Waals surface area contributed by atoms with Crippen LogP contribution in [-0.4, -0.2) is 21.4 Å². The highest BCUT2D eigenvalue weighted by Gasteiger charge is 2.18. The predicted molar refractivity (Wildman–Crippen MR) is 91.6 cm³/mol. The monoisotopic (exact) mass is 350 g/mol. The van der Waals surface area contributed by atoms with Crippen molar-refractivity contribution in [1.29, 1.82) is 0 Å². The molecule has 0 aliphatic heterocycles. The Morgan fingerprint density at radius 2 is 1.96 bits per heavy atom. The molecule has 0 radical (unpaired) electrons. The molecule has 3 rings (SSSR count). The van der Waals surface area contributed by atoms with Gasteiger partial charge in [0.1, 0.15) is 0 Å². The van der Waals surface area contributed by atoms with Crippen molar-refractivity contribution in [2.45, 2.75) is 30.6 Å². The van der Waals surface area contributed by atoms with E-state index in [0.717, 1.165) is 12.8 Å². The highest BCUT2D eigenvalue weighted by molar-refractivity contribution is 7.89. The number of anilines is 1. The fraction of sp³-hybridized carbons (Fsp3) is 0.312. The van der Waals surface area contributed by atoms with E-state index >= 15 is 0 Å². The molecule has 2 N–H and O–H groups in total. The van der Waals surface area contributed by atoms with Gasteiger partial charge >= 0.3 is 0 Å². The summed E-state index contributed by atoms with van der Waals surface area (Å²) in [5.41, 5.74) is 1.75. The van der Waals surface area contributed by atoms with Crippen LogP contribution in [0.4, 0.5) is 5.69 Å². The molecule has 0 saturated heterocycles. The molecular formula is C16H18N2O3S2. The highest BCUT2D eigenvalue weighted by atomic mass is 32.2. The fourth-order valence-corrected chi connectivity index (χ4v) is 4.58. The normalized spacial score (nSPS) is 14.3. The lowest BCUT2D eigenvalue weighted by atomic mass is 9.99. The molecule has 1 amide bonds. The van der Waals surface area contributed by atoms with Gasteiger partial charge in [-0.1, -0.05) is 6.07 Å². The number of carbonyl (C=O) groups is 1. The molecular weight excluding hydrogens is 332 g/mol. The lowest BCUT2D eigenvalue weighted by Crippen LogP contribution is -2.19. The Labute approximate surface area is 139 Å². The fourth-order valence-electron chi connectivity index (χ4n) is 2.65. The van der Waals surface area contributed by atoms with Crippen LogP contribution in [0.15, 0.2) is 35.2 Å². The van der Waals surface area contributed by atoms with Crippen molar-refractivity contribution in [3.05, 3.63) is 45.6 Å². The third-order valence-corrected chi connectivity index (χ3v) is 6.54. The zero-order valence-corrected chi connectivity index (χ0v) is 14.4. The van der Waals surface area contributed by atoms with Crippen LogP contribution in [0.25, 0.3) is 0 Å². The van der Waals surface area contributed by atoms with Gasteiger partial charge in [-0.05, 0) is 62.6 Å². The molecule has 0 spiro atoms. The number of fused-ring (bicyclic) bond motifs is 1. The number of nitrogens with one attached hydrogen (secondary N) is 2. The highest BCUT2D eigenvalue weighted by Crippen LogP contribution is 2.30. The third-order valence-electron chi connectivity index (χ3n) is 3.89. The van der Waals surface area contributed by atoms with Crippen molar-refractivity contribution in [1.82, 2.24) is 4.72 Å². The van der Waals surface area contributed by atoms with E-state index in [9.17, 15) is 13.2 Å². The Hall–Kier alpha value is -1.70. The number of benzene rings is 1. The summed E-state index contributed by atoms with van der Waals surface area (Å²) in [5, 5.41) is 2.78. The Kier molecular flexibility index (Phi) is 4.52. The van der Waals surface area contributed by atoms with Crippen LogP contribution in [0.1, 0.15) is 33.0 Å². The smallest absolute Gasteiger partial charge is 0.265 e. The molecule has 7 heteroatoms. The van der Waals surface area contributed by atoms with Crippen molar-refractivity contribution in [3.8, 4) is 0 Å². The SMILES string of the molecule is CNS(=O)(=O)c1cccc(NC(=O)c2cc3c(s2)CCCC3)c1. The van der Waals surface area contributed by atoms with Crippen LogP contribution < -0.4 is 10.0 Å². The van der Waals surface area contributed by atoms with E-state index in [1.54, 1.807) is 12.1 Å². The first-order valence-corrected chi connectivity index (χ1v) is 9.76. The molecule has 0 unspecified atom stereocenters. The van der Waals surface area contributed by atoms with Gasteiger partial charge in [0, 0.05) is 10.6 Å². The second-order valence-electron chi connectivity index (χ2n) is 5.46. The number of hydrogen-bond donors (Lipinski definition) is 2. The minimum Gasteiger partial charge on any atom is -0.321 e. The molecule has 1 aliphatic rings. The van der Waals surface area contributed by atoms with Crippen molar-refractivity contribution < 1.29 is 13.2 Å². The van der Waals surface area contributed by atoms with E-state index in [2.05, 4.69) is 10.0 Å². The molecule has 122 valence electrons. The van der Waals surface area contributed by atoms with Crippen LogP contribution in [0, 0.1) is 0 Å². The van der Waals surface area contributed by atoms with Crippen molar-refractivity contribution in [2.24, 2.45) is 0 Å². The molecule has 1 aromatic heterocycles. The minimum atomic E-state index is -3.52. The molecule has 1 aliphatic carbocycles. The molecule has 23 heavy (non-hydrogen) atoms. The van der Waals surface area contributed by atoms with E-state index < -0.39 is 10.0 Å². The summed E-state index contributed by atoms with van der Waals surface area (Å²) in [6.45, 7) is 0. The first-order chi connectivity index (χ1) is 11.0. The van der Waals surface area contributed by atoms with Crippen molar-refractivity contribution >= 4 is 33.0 Å². The summed E-state index contributed by atoms with van der Waals surface area (Å²) in [7, 11) is -2.16. The molecule has 0 atom stereocenters. The summed E-state index contributed by atoms with van der Waals surface area (Å²) in [6.07, 6.45) is 4.44. The van der Waals surface area contributed by atoms with Gasteiger partial charge in [0.25, 0.3) is 5.91 Å². The first kappa shape index (κ1) is 16.2. The predicted octanol–water partition coefficient (Wildman–Crippen LogP) is 2.79. The van der Waals surface area contributed by atoms with Crippen molar-refractivity contribution in [2.75, 3.05) is 12.4 Å². The first-order valence-electron chi connectivity index (χ1n) is 7.46. The van der Waals surface area contributed by atoms with Crippen LogP contribution in [-0.2, 0) is 22.9 Å². The Morgan fingerprint density at radius 3 is 2.70 bits per heavy atom. The number of aryl methyl sites for hydroxylation is 2. The van der Waals surface area contributed by atoms with Crippen LogP contribution in [0.2, 0.25) is 0 Å². The van der Waals surface area contributed by atoms with E-state index in [1.165, 1.54) is 53.8 Å². The largest absolute Gasteiger partial charge is 0.321 e. The number of thiophene rings is 1. The molecule has 1 aromatic carbocycles. The lowest BCUT2D eigenvalue weighted by Gasteiger charge is -2.08. The second kappa shape index (κ2) is 6.43. The molecule has 0 bridgehead atoms. The quantitative estimate of drug-likeness (QED) is 0.890. The number of sulfonamides is 1.